The first kappa shape index (κ1) is 16.0. The minimum absolute atomic E-state index is 0.403. The van der Waals surface area contributed by atoms with Gasteiger partial charge in [-0.1, -0.05) is 41.1 Å². The van der Waals surface area contributed by atoms with Crippen LogP contribution in [-0.4, -0.2) is 44.3 Å². The van der Waals surface area contributed by atoms with Crippen molar-refractivity contribution in [1.29, 1.82) is 0 Å². The van der Waals surface area contributed by atoms with Gasteiger partial charge in [-0.25, -0.2) is 0 Å². The quantitative estimate of drug-likeness (QED) is 0.824. The van der Waals surface area contributed by atoms with Crippen molar-refractivity contribution >= 4 is 15.9 Å². The summed E-state index contributed by atoms with van der Waals surface area (Å²) >= 11 is 3.67. The van der Waals surface area contributed by atoms with Crippen molar-refractivity contribution in [3.05, 3.63) is 34.3 Å². The van der Waals surface area contributed by atoms with E-state index >= 15 is 0 Å². The number of nitrogens with zero attached hydrogens (tertiary/aromatic N) is 1. The maximum absolute atomic E-state index is 5.47. The van der Waals surface area contributed by atoms with Crippen molar-refractivity contribution in [2.24, 2.45) is 0 Å². The van der Waals surface area contributed by atoms with Crippen LogP contribution in [0.15, 0.2) is 28.7 Å². The molecule has 1 saturated heterocycles. The zero-order chi connectivity index (χ0) is 14.4. The maximum Gasteiger partial charge on any atom is 0.0622 e. The molecular formula is C16H25BrN2O. The predicted molar refractivity (Wildman–Crippen MR) is 87.0 cm³/mol. The zero-order valence-electron chi connectivity index (χ0n) is 12.4. The predicted octanol–water partition coefficient (Wildman–Crippen LogP) is 3.21. The lowest BCUT2D eigenvalue weighted by atomic mass is 10.0. The fourth-order valence-electron chi connectivity index (χ4n) is 2.76. The number of hydrogen-bond acceptors (Lipinski definition) is 3. The van der Waals surface area contributed by atoms with Crippen LogP contribution in [0.1, 0.15) is 31.4 Å². The molecular weight excluding hydrogens is 316 g/mol. The summed E-state index contributed by atoms with van der Waals surface area (Å²) in [7, 11) is 2.21. The third-order valence-electron chi connectivity index (χ3n) is 4.03. The number of rotatable bonds is 7. The van der Waals surface area contributed by atoms with Crippen molar-refractivity contribution in [1.82, 2.24) is 10.2 Å². The van der Waals surface area contributed by atoms with Crippen molar-refractivity contribution < 1.29 is 4.74 Å². The molecule has 112 valence electrons. The molecule has 0 spiro atoms. The molecule has 1 aliphatic heterocycles. The van der Waals surface area contributed by atoms with Crippen LogP contribution in [0.2, 0.25) is 0 Å². The average molecular weight is 341 g/mol. The smallest absolute Gasteiger partial charge is 0.0622 e. The summed E-state index contributed by atoms with van der Waals surface area (Å²) in [6.45, 7) is 6.04. The topological polar surface area (TPSA) is 24.5 Å². The molecule has 2 atom stereocenters. The molecule has 0 radical (unpaired) electrons. The standard InChI is InChI=1S/C16H25BrN2O/c1-3-18-16(14-6-4-5-7-15(14)17)8-10-19(2)13-9-11-20-12-13/h4-7,13,16,18H,3,8-12H2,1-2H3. The largest absolute Gasteiger partial charge is 0.380 e. The van der Waals surface area contributed by atoms with E-state index in [-0.39, 0.29) is 0 Å². The summed E-state index contributed by atoms with van der Waals surface area (Å²) in [5.41, 5.74) is 1.35. The average Bonchev–Trinajstić information content (AvgIpc) is 2.98. The lowest BCUT2D eigenvalue weighted by Crippen LogP contribution is -2.35. The molecule has 2 rings (SSSR count). The molecule has 3 nitrogen and oxygen atoms in total. The molecule has 20 heavy (non-hydrogen) atoms. The number of likely N-dealkylation sites (N-methyl/N-ethyl adjacent to an activating group) is 1. The molecule has 1 fully saturated rings. The van der Waals surface area contributed by atoms with Gasteiger partial charge in [-0.2, -0.15) is 0 Å². The van der Waals surface area contributed by atoms with Crippen LogP contribution in [-0.2, 0) is 4.74 Å². The Morgan fingerprint density at radius 3 is 2.90 bits per heavy atom. The highest BCUT2D eigenvalue weighted by Gasteiger charge is 2.21. The first-order valence-electron chi connectivity index (χ1n) is 7.48. The van der Waals surface area contributed by atoms with E-state index in [1.807, 2.05) is 0 Å². The molecule has 1 N–H and O–H groups in total. The molecule has 1 aromatic carbocycles. The van der Waals surface area contributed by atoms with Gasteiger partial charge in [-0.15, -0.1) is 0 Å². The normalized spacial score (nSPS) is 20.5. The van der Waals surface area contributed by atoms with Gasteiger partial charge in [-0.05, 0) is 38.1 Å². The highest BCUT2D eigenvalue weighted by molar-refractivity contribution is 9.10. The van der Waals surface area contributed by atoms with Gasteiger partial charge in [0, 0.05) is 29.7 Å². The van der Waals surface area contributed by atoms with Gasteiger partial charge in [0.15, 0.2) is 0 Å². The van der Waals surface area contributed by atoms with E-state index in [0.717, 1.165) is 39.1 Å². The minimum Gasteiger partial charge on any atom is -0.380 e. The Balaban J connectivity index is 1.93. The summed E-state index contributed by atoms with van der Waals surface area (Å²) in [6.07, 6.45) is 2.28. The first-order chi connectivity index (χ1) is 9.72. The Bertz CT molecular complexity index is 407. The molecule has 1 aromatic rings. The highest BCUT2D eigenvalue weighted by Crippen LogP contribution is 2.26. The molecule has 0 saturated carbocycles. The van der Waals surface area contributed by atoms with Crippen LogP contribution in [0.5, 0.6) is 0 Å². The molecule has 1 aliphatic rings. The SMILES string of the molecule is CCNC(CCN(C)C1CCOC1)c1ccccc1Br. The number of benzene rings is 1. The van der Waals surface area contributed by atoms with E-state index in [0.29, 0.717) is 12.1 Å². The van der Waals surface area contributed by atoms with E-state index < -0.39 is 0 Å². The van der Waals surface area contributed by atoms with E-state index in [1.165, 1.54) is 10.0 Å². The second kappa shape index (κ2) is 8.13. The van der Waals surface area contributed by atoms with E-state index in [4.69, 9.17) is 4.74 Å². The van der Waals surface area contributed by atoms with Crippen molar-refractivity contribution in [2.45, 2.75) is 31.8 Å². The lowest BCUT2D eigenvalue weighted by Gasteiger charge is -2.26. The Labute approximate surface area is 130 Å². The summed E-state index contributed by atoms with van der Waals surface area (Å²) in [5, 5.41) is 3.60. The second-order valence-corrected chi connectivity index (χ2v) is 6.27. The Kier molecular flexibility index (Phi) is 6.49. The summed E-state index contributed by atoms with van der Waals surface area (Å²) < 4.78 is 6.66. The highest BCUT2D eigenvalue weighted by atomic mass is 79.9. The van der Waals surface area contributed by atoms with E-state index in [1.54, 1.807) is 0 Å². The minimum atomic E-state index is 0.403. The molecule has 4 heteroatoms. The van der Waals surface area contributed by atoms with Crippen molar-refractivity contribution in [3.8, 4) is 0 Å². The first-order valence-corrected chi connectivity index (χ1v) is 8.27. The molecule has 0 amide bonds. The van der Waals surface area contributed by atoms with Crippen LogP contribution in [0.25, 0.3) is 0 Å². The molecule has 0 bridgehead atoms. The van der Waals surface area contributed by atoms with Crippen LogP contribution in [0, 0.1) is 0 Å². The molecule has 0 aliphatic carbocycles. The Morgan fingerprint density at radius 1 is 1.45 bits per heavy atom. The number of nitrogens with one attached hydrogen (secondary N) is 1. The van der Waals surface area contributed by atoms with Gasteiger partial charge >= 0.3 is 0 Å². The van der Waals surface area contributed by atoms with E-state index in [9.17, 15) is 0 Å². The molecule has 1 heterocycles. The number of hydrogen-bond donors (Lipinski definition) is 1. The number of halogens is 1. The molecule has 0 aromatic heterocycles. The maximum atomic E-state index is 5.47. The monoisotopic (exact) mass is 340 g/mol. The van der Waals surface area contributed by atoms with Crippen LogP contribution in [0.3, 0.4) is 0 Å². The Morgan fingerprint density at radius 2 is 2.25 bits per heavy atom. The van der Waals surface area contributed by atoms with Gasteiger partial charge in [-0.3, -0.25) is 0 Å². The second-order valence-electron chi connectivity index (χ2n) is 5.42. The van der Waals surface area contributed by atoms with Gasteiger partial charge in [0.25, 0.3) is 0 Å². The third kappa shape index (κ3) is 4.29. The van der Waals surface area contributed by atoms with Gasteiger partial charge < -0.3 is 15.0 Å². The van der Waals surface area contributed by atoms with Crippen LogP contribution >= 0.6 is 15.9 Å². The van der Waals surface area contributed by atoms with Crippen molar-refractivity contribution in [3.63, 3.8) is 0 Å². The van der Waals surface area contributed by atoms with Gasteiger partial charge in [0.2, 0.25) is 0 Å². The summed E-state index contributed by atoms with van der Waals surface area (Å²) in [6, 6.07) is 9.50. The fourth-order valence-corrected chi connectivity index (χ4v) is 3.32. The van der Waals surface area contributed by atoms with Gasteiger partial charge in [0.05, 0.1) is 6.61 Å². The summed E-state index contributed by atoms with van der Waals surface area (Å²) in [5.74, 6) is 0. The van der Waals surface area contributed by atoms with E-state index in [2.05, 4.69) is 64.4 Å². The summed E-state index contributed by atoms with van der Waals surface area (Å²) in [4.78, 5) is 2.44. The fraction of sp³-hybridized carbons (Fsp3) is 0.625. The lowest BCUT2D eigenvalue weighted by molar-refractivity contribution is 0.156. The number of ether oxygens (including phenoxy) is 1. The van der Waals surface area contributed by atoms with Gasteiger partial charge in [0.1, 0.15) is 0 Å². The Hall–Kier alpha value is -0.420. The van der Waals surface area contributed by atoms with Crippen molar-refractivity contribution in [2.75, 3.05) is 33.4 Å². The molecule has 2 unspecified atom stereocenters. The zero-order valence-corrected chi connectivity index (χ0v) is 14.0. The van der Waals surface area contributed by atoms with Crippen LogP contribution in [0.4, 0.5) is 0 Å². The van der Waals surface area contributed by atoms with Crippen LogP contribution < -0.4 is 5.32 Å². The third-order valence-corrected chi connectivity index (χ3v) is 4.75.